The molecule has 0 aliphatic carbocycles. The first-order valence-electron chi connectivity index (χ1n) is 7.23. The number of piperidine rings is 1. The molecule has 0 bridgehead atoms. The summed E-state index contributed by atoms with van der Waals surface area (Å²) >= 11 is 1.40. The lowest BCUT2D eigenvalue weighted by atomic mass is 9.96. The van der Waals surface area contributed by atoms with E-state index in [1.165, 1.54) is 11.3 Å². The zero-order valence-corrected chi connectivity index (χ0v) is 14.1. The third kappa shape index (κ3) is 3.24. The van der Waals surface area contributed by atoms with Crippen LogP contribution in [-0.4, -0.2) is 32.9 Å². The molecule has 1 aromatic heterocycles. The molecule has 1 N–H and O–H groups in total. The van der Waals surface area contributed by atoms with Gasteiger partial charge in [-0.1, -0.05) is 13.3 Å². The first-order chi connectivity index (χ1) is 9.48. The molecule has 0 atom stereocenters. The normalized spacial score (nSPS) is 18.6. The third-order valence-corrected chi connectivity index (χ3v) is 7.67. The van der Waals surface area contributed by atoms with Crippen molar-refractivity contribution < 1.29 is 8.42 Å². The van der Waals surface area contributed by atoms with Gasteiger partial charge in [-0.05, 0) is 44.4 Å². The Hall–Kier alpha value is -0.430. The highest BCUT2D eigenvalue weighted by molar-refractivity contribution is 7.91. The van der Waals surface area contributed by atoms with E-state index in [1.807, 2.05) is 20.0 Å². The summed E-state index contributed by atoms with van der Waals surface area (Å²) in [4.78, 5) is 1.11. The molecule has 2 heterocycles. The molecule has 4 nitrogen and oxygen atoms in total. The number of nitrogens with one attached hydrogen (secondary N) is 1. The van der Waals surface area contributed by atoms with E-state index in [-0.39, 0.29) is 0 Å². The predicted octanol–water partition coefficient (Wildman–Crippen LogP) is 2.59. The highest BCUT2D eigenvalue weighted by Crippen LogP contribution is 2.31. The molecule has 0 spiro atoms. The lowest BCUT2D eigenvalue weighted by Crippen LogP contribution is -2.38. The highest BCUT2D eigenvalue weighted by atomic mass is 32.2. The van der Waals surface area contributed by atoms with E-state index in [4.69, 9.17) is 0 Å². The quantitative estimate of drug-likeness (QED) is 0.908. The molecule has 0 unspecified atom stereocenters. The van der Waals surface area contributed by atoms with Gasteiger partial charge in [0.25, 0.3) is 10.0 Å². The van der Waals surface area contributed by atoms with Crippen molar-refractivity contribution in [1.29, 1.82) is 0 Å². The summed E-state index contributed by atoms with van der Waals surface area (Å²) in [6.07, 6.45) is 3.13. The van der Waals surface area contributed by atoms with Crippen molar-refractivity contribution in [3.05, 3.63) is 16.5 Å². The molecule has 0 saturated carbocycles. The zero-order chi connectivity index (χ0) is 14.8. The van der Waals surface area contributed by atoms with Crippen LogP contribution in [-0.2, 0) is 16.6 Å². The third-order valence-electron chi connectivity index (χ3n) is 4.08. The molecule has 6 heteroatoms. The van der Waals surface area contributed by atoms with E-state index in [2.05, 4.69) is 12.2 Å². The molecule has 20 heavy (non-hydrogen) atoms. The van der Waals surface area contributed by atoms with Crippen molar-refractivity contribution in [2.24, 2.45) is 5.92 Å². The van der Waals surface area contributed by atoms with Crippen LogP contribution >= 0.6 is 11.3 Å². The fraction of sp³-hybridized carbons (Fsp3) is 0.714. The number of sulfonamides is 1. The maximum absolute atomic E-state index is 12.7. The molecule has 1 saturated heterocycles. The fourth-order valence-corrected chi connectivity index (χ4v) is 5.86. The van der Waals surface area contributed by atoms with Crippen LogP contribution in [0.5, 0.6) is 0 Å². The monoisotopic (exact) mass is 316 g/mol. The Bertz CT molecular complexity index is 544. The van der Waals surface area contributed by atoms with E-state index in [0.29, 0.717) is 23.2 Å². The molecule has 2 rings (SSSR count). The first-order valence-corrected chi connectivity index (χ1v) is 9.48. The second-order valence-electron chi connectivity index (χ2n) is 5.46. The fourth-order valence-electron chi connectivity index (χ4n) is 2.64. The Balaban J connectivity index is 2.16. The number of thiophene rings is 1. The van der Waals surface area contributed by atoms with Gasteiger partial charge in [-0.25, -0.2) is 8.42 Å². The molecule has 0 amide bonds. The van der Waals surface area contributed by atoms with Crippen molar-refractivity contribution in [3.8, 4) is 0 Å². The van der Waals surface area contributed by atoms with Crippen LogP contribution in [0, 0.1) is 12.8 Å². The van der Waals surface area contributed by atoms with Gasteiger partial charge in [0, 0.05) is 24.5 Å². The van der Waals surface area contributed by atoms with Crippen molar-refractivity contribution in [3.63, 3.8) is 0 Å². The molecule has 1 fully saturated rings. The minimum atomic E-state index is -3.29. The van der Waals surface area contributed by atoms with Gasteiger partial charge in [-0.15, -0.1) is 11.3 Å². The molecule has 114 valence electrons. The lowest BCUT2D eigenvalue weighted by Gasteiger charge is -2.30. The standard InChI is InChI=1S/C14H24N2O2S2/c1-4-12-5-7-16(8-6-12)20(17,18)14-9-11(2)13(19-14)10-15-3/h9,12,15H,4-8,10H2,1-3H3. The molecule has 1 aliphatic rings. The summed E-state index contributed by atoms with van der Waals surface area (Å²) in [7, 11) is -1.41. The van der Waals surface area contributed by atoms with E-state index in [0.717, 1.165) is 36.2 Å². The molecule has 1 aliphatic heterocycles. The molecular weight excluding hydrogens is 292 g/mol. The number of rotatable bonds is 5. The zero-order valence-electron chi connectivity index (χ0n) is 12.5. The summed E-state index contributed by atoms with van der Waals surface area (Å²) in [5.41, 5.74) is 1.06. The van der Waals surface area contributed by atoms with Crippen molar-refractivity contribution >= 4 is 21.4 Å². The van der Waals surface area contributed by atoms with Gasteiger partial charge in [0.15, 0.2) is 0 Å². The predicted molar refractivity (Wildman–Crippen MR) is 83.6 cm³/mol. The van der Waals surface area contributed by atoms with Crippen LogP contribution in [0.25, 0.3) is 0 Å². The van der Waals surface area contributed by atoms with E-state index in [9.17, 15) is 8.42 Å². The van der Waals surface area contributed by atoms with Crippen LogP contribution in [0.15, 0.2) is 10.3 Å². The molecule has 1 aromatic rings. The Morgan fingerprint density at radius 1 is 1.40 bits per heavy atom. The van der Waals surface area contributed by atoms with Gasteiger partial charge >= 0.3 is 0 Å². The topological polar surface area (TPSA) is 49.4 Å². The van der Waals surface area contributed by atoms with Crippen LogP contribution in [0.2, 0.25) is 0 Å². The summed E-state index contributed by atoms with van der Waals surface area (Å²) < 4.78 is 27.5. The number of aryl methyl sites for hydroxylation is 1. The van der Waals surface area contributed by atoms with E-state index in [1.54, 1.807) is 4.31 Å². The summed E-state index contributed by atoms with van der Waals surface area (Å²) in [6, 6.07) is 1.82. The van der Waals surface area contributed by atoms with Crippen molar-refractivity contribution in [1.82, 2.24) is 9.62 Å². The Morgan fingerprint density at radius 2 is 2.05 bits per heavy atom. The van der Waals surface area contributed by atoms with Crippen LogP contribution < -0.4 is 5.32 Å². The average Bonchev–Trinajstić information content (AvgIpc) is 2.81. The maximum atomic E-state index is 12.7. The van der Waals surface area contributed by atoms with Gasteiger partial charge in [0.2, 0.25) is 0 Å². The Labute approximate surface area is 126 Å². The molecule has 0 aromatic carbocycles. The van der Waals surface area contributed by atoms with Gasteiger partial charge < -0.3 is 5.32 Å². The maximum Gasteiger partial charge on any atom is 0.252 e. The lowest BCUT2D eigenvalue weighted by molar-refractivity contribution is 0.269. The largest absolute Gasteiger partial charge is 0.315 e. The Morgan fingerprint density at radius 3 is 2.60 bits per heavy atom. The van der Waals surface area contributed by atoms with E-state index < -0.39 is 10.0 Å². The van der Waals surface area contributed by atoms with Gasteiger partial charge in [-0.2, -0.15) is 4.31 Å². The number of hydrogen-bond acceptors (Lipinski definition) is 4. The second kappa shape index (κ2) is 6.56. The van der Waals surface area contributed by atoms with Crippen LogP contribution in [0.1, 0.15) is 36.6 Å². The molecule has 0 radical (unpaired) electrons. The summed E-state index contributed by atoms with van der Waals surface area (Å²) in [5, 5.41) is 3.08. The smallest absolute Gasteiger partial charge is 0.252 e. The molecular formula is C14H24N2O2S2. The summed E-state index contributed by atoms with van der Waals surface area (Å²) in [6.45, 7) is 6.22. The van der Waals surface area contributed by atoms with Crippen molar-refractivity contribution in [2.75, 3.05) is 20.1 Å². The average molecular weight is 316 g/mol. The SMILES string of the molecule is CCC1CCN(S(=O)(=O)c2cc(C)c(CNC)s2)CC1. The van der Waals surface area contributed by atoms with Gasteiger partial charge in [-0.3, -0.25) is 0 Å². The van der Waals surface area contributed by atoms with Crippen molar-refractivity contribution in [2.45, 2.75) is 43.9 Å². The number of nitrogens with zero attached hydrogens (tertiary/aromatic N) is 1. The van der Waals surface area contributed by atoms with Gasteiger partial charge in [0.1, 0.15) is 4.21 Å². The summed E-state index contributed by atoms with van der Waals surface area (Å²) in [5.74, 6) is 0.686. The Kier molecular flexibility index (Phi) is 5.23. The van der Waals surface area contributed by atoms with E-state index >= 15 is 0 Å². The van der Waals surface area contributed by atoms with Crippen LogP contribution in [0.4, 0.5) is 0 Å². The highest BCUT2D eigenvalue weighted by Gasteiger charge is 2.30. The first kappa shape index (κ1) is 15.9. The minimum Gasteiger partial charge on any atom is -0.315 e. The number of hydrogen-bond donors (Lipinski definition) is 1. The van der Waals surface area contributed by atoms with Gasteiger partial charge in [0.05, 0.1) is 0 Å². The van der Waals surface area contributed by atoms with Crippen LogP contribution in [0.3, 0.4) is 0 Å². The second-order valence-corrected chi connectivity index (χ2v) is 8.76. The minimum absolute atomic E-state index is 0.496.